The van der Waals surface area contributed by atoms with Crippen molar-refractivity contribution >= 4 is 0 Å². The Morgan fingerprint density at radius 3 is 3.00 bits per heavy atom. The Morgan fingerprint density at radius 1 is 1.32 bits per heavy atom. The molecule has 19 heavy (non-hydrogen) atoms. The summed E-state index contributed by atoms with van der Waals surface area (Å²) in [6, 6.07) is 8.48. The minimum Gasteiger partial charge on any atom is -0.371 e. The zero-order valence-electron chi connectivity index (χ0n) is 10.9. The van der Waals surface area contributed by atoms with Gasteiger partial charge in [0.05, 0.1) is 24.5 Å². The average molecular weight is 255 g/mol. The van der Waals surface area contributed by atoms with Crippen molar-refractivity contribution in [3.8, 4) is 0 Å². The van der Waals surface area contributed by atoms with Gasteiger partial charge >= 0.3 is 0 Å². The lowest BCUT2D eigenvalue weighted by Gasteiger charge is -2.31. The second-order valence-electron chi connectivity index (χ2n) is 4.64. The first-order valence-corrected chi connectivity index (χ1v) is 6.52. The summed E-state index contributed by atoms with van der Waals surface area (Å²) in [5.74, 6) is 0. The van der Waals surface area contributed by atoms with Crippen LogP contribution in [0.3, 0.4) is 0 Å². The van der Waals surface area contributed by atoms with Gasteiger partial charge in [-0.1, -0.05) is 24.3 Å². The monoisotopic (exact) mass is 255 g/mol. The number of hydrogen-bond donors (Lipinski definition) is 1. The normalized spacial score (nSPS) is 19.7. The number of rotatable bonds is 3. The number of nitrogens with one attached hydrogen (secondary N) is 1. The highest BCUT2D eigenvalue weighted by Crippen LogP contribution is 2.35. The molecule has 1 aliphatic rings. The van der Waals surface area contributed by atoms with Gasteiger partial charge in [-0.15, -0.1) is 0 Å². The SMILES string of the molecule is CNC(c1cnccn1)C1OCCc2ccccc21. The van der Waals surface area contributed by atoms with Crippen molar-refractivity contribution in [3.05, 3.63) is 59.7 Å². The molecular weight excluding hydrogens is 238 g/mol. The van der Waals surface area contributed by atoms with E-state index in [-0.39, 0.29) is 12.1 Å². The highest BCUT2D eigenvalue weighted by Gasteiger charge is 2.29. The van der Waals surface area contributed by atoms with Gasteiger partial charge in [-0.2, -0.15) is 0 Å². The van der Waals surface area contributed by atoms with Crippen LogP contribution < -0.4 is 5.32 Å². The Hall–Kier alpha value is -1.78. The van der Waals surface area contributed by atoms with Crippen molar-refractivity contribution in [1.29, 1.82) is 0 Å². The highest BCUT2D eigenvalue weighted by molar-refractivity contribution is 5.33. The standard InChI is InChI=1S/C15H17N3O/c1-16-14(13-10-17-7-8-18-13)15-12-5-3-2-4-11(12)6-9-19-15/h2-5,7-8,10,14-16H,6,9H2,1H3. The smallest absolute Gasteiger partial charge is 0.104 e. The molecule has 0 bridgehead atoms. The second kappa shape index (κ2) is 5.47. The lowest BCUT2D eigenvalue weighted by Crippen LogP contribution is -2.30. The van der Waals surface area contributed by atoms with E-state index in [4.69, 9.17) is 4.74 Å². The molecule has 0 radical (unpaired) electrons. The molecule has 1 aliphatic heterocycles. The number of benzene rings is 1. The number of ether oxygens (including phenoxy) is 1. The van der Waals surface area contributed by atoms with Gasteiger partial charge < -0.3 is 10.1 Å². The Morgan fingerprint density at radius 2 is 2.21 bits per heavy atom. The predicted octanol–water partition coefficient (Wildman–Crippen LogP) is 2.05. The van der Waals surface area contributed by atoms with Crippen LogP contribution in [-0.4, -0.2) is 23.6 Å². The van der Waals surface area contributed by atoms with Gasteiger partial charge in [0.2, 0.25) is 0 Å². The Balaban J connectivity index is 1.97. The summed E-state index contributed by atoms with van der Waals surface area (Å²) < 4.78 is 5.98. The molecule has 2 atom stereocenters. The molecule has 0 aliphatic carbocycles. The number of hydrogen-bond acceptors (Lipinski definition) is 4. The molecule has 2 unspecified atom stereocenters. The van der Waals surface area contributed by atoms with Crippen LogP contribution >= 0.6 is 0 Å². The predicted molar refractivity (Wildman–Crippen MR) is 72.7 cm³/mol. The third-order valence-corrected chi connectivity index (χ3v) is 3.55. The average Bonchev–Trinajstić information content (AvgIpc) is 2.49. The van der Waals surface area contributed by atoms with Crippen molar-refractivity contribution in [2.45, 2.75) is 18.6 Å². The number of fused-ring (bicyclic) bond motifs is 1. The van der Waals surface area contributed by atoms with Crippen LogP contribution in [0.15, 0.2) is 42.9 Å². The fourth-order valence-electron chi connectivity index (χ4n) is 2.63. The van der Waals surface area contributed by atoms with Crippen LogP contribution in [0.5, 0.6) is 0 Å². The Kier molecular flexibility index (Phi) is 3.53. The molecule has 0 saturated heterocycles. The van der Waals surface area contributed by atoms with Gasteiger partial charge in [0.25, 0.3) is 0 Å². The third kappa shape index (κ3) is 2.37. The zero-order valence-corrected chi connectivity index (χ0v) is 10.9. The van der Waals surface area contributed by atoms with Crippen molar-refractivity contribution in [3.63, 3.8) is 0 Å². The van der Waals surface area contributed by atoms with Gasteiger partial charge in [-0.3, -0.25) is 9.97 Å². The first kappa shape index (κ1) is 12.3. The minimum absolute atomic E-state index is 0.00773. The molecule has 4 heteroatoms. The van der Waals surface area contributed by atoms with Crippen molar-refractivity contribution < 1.29 is 4.74 Å². The van der Waals surface area contributed by atoms with Gasteiger partial charge in [0.15, 0.2) is 0 Å². The van der Waals surface area contributed by atoms with E-state index < -0.39 is 0 Å². The van der Waals surface area contributed by atoms with Gasteiger partial charge in [-0.05, 0) is 24.6 Å². The summed E-state index contributed by atoms with van der Waals surface area (Å²) in [7, 11) is 1.93. The van der Waals surface area contributed by atoms with Gasteiger partial charge in [-0.25, -0.2) is 0 Å². The first-order chi connectivity index (χ1) is 9.40. The number of likely N-dealkylation sites (N-methyl/N-ethyl adjacent to an activating group) is 1. The molecule has 1 aromatic carbocycles. The fraction of sp³-hybridized carbons (Fsp3) is 0.333. The summed E-state index contributed by atoms with van der Waals surface area (Å²) in [5.41, 5.74) is 3.52. The summed E-state index contributed by atoms with van der Waals surface area (Å²) >= 11 is 0. The molecule has 3 rings (SSSR count). The van der Waals surface area contributed by atoms with Crippen LogP contribution in [0.4, 0.5) is 0 Å². The fourth-order valence-corrected chi connectivity index (χ4v) is 2.63. The lowest BCUT2D eigenvalue weighted by molar-refractivity contribution is 0.0155. The van der Waals surface area contributed by atoms with Crippen LogP contribution in [0.25, 0.3) is 0 Å². The molecule has 0 amide bonds. The molecule has 0 saturated carbocycles. The maximum absolute atomic E-state index is 5.98. The maximum atomic E-state index is 5.98. The van der Waals surface area contributed by atoms with Gasteiger partial charge in [0.1, 0.15) is 6.10 Å². The van der Waals surface area contributed by atoms with E-state index >= 15 is 0 Å². The highest BCUT2D eigenvalue weighted by atomic mass is 16.5. The number of aromatic nitrogens is 2. The minimum atomic E-state index is -0.00773. The van der Waals surface area contributed by atoms with Crippen LogP contribution in [0.1, 0.15) is 29.0 Å². The third-order valence-electron chi connectivity index (χ3n) is 3.55. The lowest BCUT2D eigenvalue weighted by atomic mass is 9.92. The van der Waals surface area contributed by atoms with E-state index in [0.29, 0.717) is 0 Å². The molecule has 0 fully saturated rings. The van der Waals surface area contributed by atoms with E-state index in [1.165, 1.54) is 11.1 Å². The summed E-state index contributed by atoms with van der Waals surface area (Å²) in [6.07, 6.45) is 6.16. The van der Waals surface area contributed by atoms with E-state index in [0.717, 1.165) is 18.7 Å². The van der Waals surface area contributed by atoms with Crippen molar-refractivity contribution in [2.24, 2.45) is 0 Å². The molecule has 0 spiro atoms. The summed E-state index contributed by atoms with van der Waals surface area (Å²) in [5, 5.41) is 3.30. The Bertz CT molecular complexity index is 544. The molecule has 98 valence electrons. The van der Waals surface area contributed by atoms with Gasteiger partial charge in [0, 0.05) is 12.4 Å². The van der Waals surface area contributed by atoms with E-state index in [1.807, 2.05) is 7.05 Å². The molecule has 1 aromatic heterocycles. The van der Waals surface area contributed by atoms with Crippen molar-refractivity contribution in [1.82, 2.24) is 15.3 Å². The largest absolute Gasteiger partial charge is 0.371 e. The van der Waals surface area contributed by atoms with Crippen LogP contribution in [-0.2, 0) is 11.2 Å². The van der Waals surface area contributed by atoms with Crippen LogP contribution in [0, 0.1) is 0 Å². The molecular formula is C15H17N3O. The van der Waals surface area contributed by atoms with E-state index in [2.05, 4.69) is 39.6 Å². The quantitative estimate of drug-likeness (QED) is 0.912. The first-order valence-electron chi connectivity index (χ1n) is 6.52. The van der Waals surface area contributed by atoms with E-state index in [1.54, 1.807) is 18.6 Å². The molecule has 1 N–H and O–H groups in total. The van der Waals surface area contributed by atoms with E-state index in [9.17, 15) is 0 Å². The van der Waals surface area contributed by atoms with Crippen molar-refractivity contribution in [2.75, 3.05) is 13.7 Å². The molecule has 2 aromatic rings. The maximum Gasteiger partial charge on any atom is 0.104 e. The Labute approximate surface area is 112 Å². The number of nitrogens with zero attached hydrogens (tertiary/aromatic N) is 2. The topological polar surface area (TPSA) is 47.0 Å². The zero-order chi connectivity index (χ0) is 13.1. The molecule has 4 nitrogen and oxygen atoms in total. The van der Waals surface area contributed by atoms with Crippen LogP contribution in [0.2, 0.25) is 0 Å². The second-order valence-corrected chi connectivity index (χ2v) is 4.64. The summed E-state index contributed by atoms with van der Waals surface area (Å²) in [6.45, 7) is 0.750. The molecule has 2 heterocycles. The summed E-state index contributed by atoms with van der Waals surface area (Å²) in [4.78, 5) is 8.54.